The van der Waals surface area contributed by atoms with E-state index in [2.05, 4.69) is 10.4 Å². The summed E-state index contributed by atoms with van der Waals surface area (Å²) in [5, 5.41) is 16.4. The van der Waals surface area contributed by atoms with Crippen LogP contribution in [0.15, 0.2) is 6.20 Å². The van der Waals surface area contributed by atoms with Crippen molar-refractivity contribution in [1.82, 2.24) is 15.1 Å². The van der Waals surface area contributed by atoms with E-state index in [9.17, 15) is 4.79 Å². The molecule has 1 aliphatic rings. The van der Waals surface area contributed by atoms with Gasteiger partial charge in [0, 0.05) is 11.3 Å². The highest BCUT2D eigenvalue weighted by Crippen LogP contribution is 2.29. The van der Waals surface area contributed by atoms with E-state index in [-0.39, 0.29) is 24.5 Å². The Bertz CT molecular complexity index is 470. The lowest BCUT2D eigenvalue weighted by molar-refractivity contribution is -0.124. The van der Waals surface area contributed by atoms with E-state index in [0.717, 1.165) is 30.5 Å². The molecule has 20 heavy (non-hydrogen) atoms. The van der Waals surface area contributed by atoms with Gasteiger partial charge in [-0.25, -0.2) is 0 Å². The van der Waals surface area contributed by atoms with Crippen molar-refractivity contribution in [3.63, 3.8) is 0 Å². The molecular weight excluding hydrogens is 256 g/mol. The Hall–Kier alpha value is -1.40. The van der Waals surface area contributed by atoms with Crippen molar-refractivity contribution >= 4 is 5.91 Å². The van der Waals surface area contributed by atoms with E-state index in [1.54, 1.807) is 6.20 Å². The van der Waals surface area contributed by atoms with Crippen molar-refractivity contribution in [2.24, 2.45) is 11.7 Å². The Morgan fingerprint density at radius 2 is 2.40 bits per heavy atom. The molecule has 0 radical (unpaired) electrons. The van der Waals surface area contributed by atoms with Crippen LogP contribution in [0.3, 0.4) is 0 Å². The number of nitrogens with zero attached hydrogens (tertiary/aromatic N) is 2. The minimum atomic E-state index is -0.479. The zero-order chi connectivity index (χ0) is 14.7. The summed E-state index contributed by atoms with van der Waals surface area (Å²) in [5.41, 5.74) is 8.07. The van der Waals surface area contributed by atoms with Gasteiger partial charge in [0.1, 0.15) is 0 Å². The average Bonchev–Trinajstić information content (AvgIpc) is 2.82. The number of aliphatic hydroxyl groups is 1. The molecule has 0 fully saturated rings. The summed E-state index contributed by atoms with van der Waals surface area (Å²) in [5.74, 6) is 0.0166. The fourth-order valence-corrected chi connectivity index (χ4v) is 2.63. The first-order valence-electron chi connectivity index (χ1n) is 7.26. The summed E-state index contributed by atoms with van der Waals surface area (Å²) < 4.78 is 1.83. The van der Waals surface area contributed by atoms with Crippen molar-refractivity contribution in [3.05, 3.63) is 17.5 Å². The summed E-state index contributed by atoms with van der Waals surface area (Å²) in [7, 11) is 0. The Morgan fingerprint density at radius 1 is 1.65 bits per heavy atom. The van der Waals surface area contributed by atoms with Gasteiger partial charge in [-0.2, -0.15) is 5.10 Å². The quantitative estimate of drug-likeness (QED) is 0.725. The summed E-state index contributed by atoms with van der Waals surface area (Å²) >= 11 is 0. The smallest absolute Gasteiger partial charge is 0.237 e. The summed E-state index contributed by atoms with van der Waals surface area (Å²) in [4.78, 5) is 12.1. The van der Waals surface area contributed by atoms with Crippen LogP contribution in [0.5, 0.6) is 0 Å². The van der Waals surface area contributed by atoms with Crippen LogP contribution in [0.1, 0.15) is 44.0 Å². The molecule has 112 valence electrons. The second-order valence-electron chi connectivity index (χ2n) is 5.72. The number of aromatic nitrogens is 2. The van der Waals surface area contributed by atoms with E-state index in [1.807, 2.05) is 18.5 Å². The first-order chi connectivity index (χ1) is 9.54. The number of carbonyl (C=O) groups excluding carboxylic acids is 1. The van der Waals surface area contributed by atoms with Gasteiger partial charge in [-0.1, -0.05) is 13.8 Å². The van der Waals surface area contributed by atoms with Gasteiger partial charge < -0.3 is 16.2 Å². The van der Waals surface area contributed by atoms with Gasteiger partial charge in [0.15, 0.2) is 0 Å². The number of fused-ring (bicyclic) bond motifs is 1. The van der Waals surface area contributed by atoms with Crippen LogP contribution >= 0.6 is 0 Å². The second kappa shape index (κ2) is 6.37. The van der Waals surface area contributed by atoms with Gasteiger partial charge in [0.25, 0.3) is 0 Å². The molecule has 0 spiro atoms. The van der Waals surface area contributed by atoms with Crippen molar-refractivity contribution in [3.8, 4) is 0 Å². The average molecular weight is 280 g/mol. The minimum Gasteiger partial charge on any atom is -0.394 e. The van der Waals surface area contributed by atoms with Crippen molar-refractivity contribution < 1.29 is 9.90 Å². The molecule has 2 unspecified atom stereocenters. The van der Waals surface area contributed by atoms with Gasteiger partial charge in [0.05, 0.1) is 31.4 Å². The van der Waals surface area contributed by atoms with Gasteiger partial charge in [-0.15, -0.1) is 0 Å². The lowest BCUT2D eigenvalue weighted by Gasteiger charge is -2.26. The van der Waals surface area contributed by atoms with E-state index in [0.29, 0.717) is 6.54 Å². The monoisotopic (exact) mass is 280 g/mol. The molecule has 1 aliphatic carbocycles. The highest BCUT2D eigenvalue weighted by Gasteiger charge is 2.27. The van der Waals surface area contributed by atoms with Gasteiger partial charge in [0.2, 0.25) is 5.91 Å². The summed E-state index contributed by atoms with van der Waals surface area (Å²) in [6.07, 6.45) is 4.66. The predicted molar refractivity (Wildman–Crippen MR) is 75.9 cm³/mol. The highest BCUT2D eigenvalue weighted by atomic mass is 16.3. The maximum Gasteiger partial charge on any atom is 0.237 e. The predicted octanol–water partition coefficient (Wildman–Crippen LogP) is 0.352. The summed E-state index contributed by atoms with van der Waals surface area (Å²) in [6.45, 7) is 4.45. The maximum atomic E-state index is 12.1. The van der Waals surface area contributed by atoms with E-state index in [1.165, 1.54) is 0 Å². The second-order valence-corrected chi connectivity index (χ2v) is 5.72. The Balaban J connectivity index is 2.11. The largest absolute Gasteiger partial charge is 0.394 e. The van der Waals surface area contributed by atoms with Crippen LogP contribution in [-0.4, -0.2) is 33.4 Å². The molecule has 4 N–H and O–H groups in total. The fourth-order valence-electron chi connectivity index (χ4n) is 2.63. The number of carbonyl (C=O) groups is 1. The third-order valence-corrected chi connectivity index (χ3v) is 3.91. The van der Waals surface area contributed by atoms with Crippen molar-refractivity contribution in [2.75, 3.05) is 6.61 Å². The van der Waals surface area contributed by atoms with Crippen LogP contribution in [0.2, 0.25) is 0 Å². The molecule has 1 aromatic rings. The zero-order valence-corrected chi connectivity index (χ0v) is 12.2. The van der Waals surface area contributed by atoms with E-state index >= 15 is 0 Å². The van der Waals surface area contributed by atoms with E-state index in [4.69, 9.17) is 10.8 Å². The number of nitrogens with two attached hydrogens (primary N) is 1. The fraction of sp³-hybridized carbons (Fsp3) is 0.714. The third kappa shape index (κ3) is 3.02. The molecule has 6 nitrogen and oxygen atoms in total. The zero-order valence-electron chi connectivity index (χ0n) is 12.2. The molecule has 1 heterocycles. The Kier molecular flexibility index (Phi) is 4.77. The van der Waals surface area contributed by atoms with Crippen LogP contribution in [0, 0.1) is 5.92 Å². The van der Waals surface area contributed by atoms with E-state index < -0.39 is 6.04 Å². The van der Waals surface area contributed by atoms with Crippen LogP contribution in [0.4, 0.5) is 0 Å². The lowest BCUT2D eigenvalue weighted by Crippen LogP contribution is -2.45. The van der Waals surface area contributed by atoms with Gasteiger partial charge >= 0.3 is 0 Å². The number of aliphatic hydroxyl groups excluding tert-OH is 1. The number of hydrogen-bond acceptors (Lipinski definition) is 4. The molecule has 1 aromatic heterocycles. The van der Waals surface area contributed by atoms with Crippen molar-refractivity contribution in [2.45, 2.75) is 51.7 Å². The van der Waals surface area contributed by atoms with Crippen molar-refractivity contribution in [1.29, 1.82) is 0 Å². The molecule has 0 saturated carbocycles. The topological polar surface area (TPSA) is 93.2 Å². The molecule has 0 aliphatic heterocycles. The molecule has 1 amide bonds. The number of amides is 1. The Labute approximate surface area is 119 Å². The first-order valence-corrected chi connectivity index (χ1v) is 7.26. The molecule has 0 saturated heterocycles. The minimum absolute atomic E-state index is 0.0107. The normalized spacial score (nSPS) is 19.8. The maximum absolute atomic E-state index is 12.1. The number of rotatable bonds is 5. The lowest BCUT2D eigenvalue weighted by atomic mass is 9.92. The first kappa shape index (κ1) is 15.0. The third-order valence-electron chi connectivity index (χ3n) is 3.91. The number of hydrogen-bond donors (Lipinski definition) is 3. The van der Waals surface area contributed by atoms with Gasteiger partial charge in [-0.3, -0.25) is 9.48 Å². The van der Waals surface area contributed by atoms with Crippen LogP contribution < -0.4 is 11.1 Å². The standard InChI is InChI=1S/C14H24N4O2/c1-9(2)13(15)14(20)17-11-4-3-5-12-10(11)8-16-18(12)6-7-19/h8-9,11,13,19H,3-7,15H2,1-2H3,(H,17,20). The molecule has 0 aromatic carbocycles. The summed E-state index contributed by atoms with van der Waals surface area (Å²) in [6, 6.07) is -0.489. The molecule has 2 atom stereocenters. The molecule has 0 bridgehead atoms. The highest BCUT2D eigenvalue weighted by molar-refractivity contribution is 5.82. The van der Waals surface area contributed by atoms with Crippen LogP contribution in [-0.2, 0) is 17.8 Å². The molecule has 6 heteroatoms. The molecular formula is C14H24N4O2. The SMILES string of the molecule is CC(C)C(N)C(=O)NC1CCCc2c1cnn2CCO. The number of nitrogens with one attached hydrogen (secondary N) is 1. The van der Waals surface area contributed by atoms with Crippen LogP contribution in [0.25, 0.3) is 0 Å². The molecule has 2 rings (SSSR count). The van der Waals surface area contributed by atoms with Gasteiger partial charge in [-0.05, 0) is 25.2 Å². The Morgan fingerprint density at radius 3 is 3.05 bits per heavy atom.